The summed E-state index contributed by atoms with van der Waals surface area (Å²) in [7, 11) is 0. The Bertz CT molecular complexity index is 679. The van der Waals surface area contributed by atoms with Crippen LogP contribution in [0.3, 0.4) is 0 Å². The Balaban J connectivity index is 1.86. The molecule has 2 N–H and O–H groups in total. The maximum absolute atomic E-state index is 11.7. The lowest BCUT2D eigenvalue weighted by atomic mass is 10.1. The number of phenols is 1. The van der Waals surface area contributed by atoms with Crippen molar-refractivity contribution in [1.29, 1.82) is 0 Å². The van der Waals surface area contributed by atoms with E-state index in [2.05, 4.69) is 10.5 Å². The molecule has 0 spiro atoms. The van der Waals surface area contributed by atoms with Crippen molar-refractivity contribution in [2.75, 3.05) is 6.61 Å². The smallest absolute Gasteiger partial charge is 0.277 e. The number of carbonyl (C=O) groups excluding carboxylic acids is 1. The van der Waals surface area contributed by atoms with Crippen LogP contribution in [0, 0.1) is 6.92 Å². The SMILES string of the molecule is C/C(=N/NC(=O)COc1ccc(C)cc1)c1cccc(O)c1. The number of amides is 1. The van der Waals surface area contributed by atoms with Crippen molar-refractivity contribution in [3.05, 3.63) is 59.7 Å². The number of ether oxygens (including phenoxy) is 1. The van der Waals surface area contributed by atoms with E-state index >= 15 is 0 Å². The molecule has 5 heteroatoms. The number of nitrogens with zero attached hydrogens (tertiary/aromatic N) is 1. The van der Waals surface area contributed by atoms with Crippen molar-refractivity contribution in [3.63, 3.8) is 0 Å². The summed E-state index contributed by atoms with van der Waals surface area (Å²) in [6.45, 7) is 3.62. The quantitative estimate of drug-likeness (QED) is 0.658. The van der Waals surface area contributed by atoms with Gasteiger partial charge in [-0.15, -0.1) is 0 Å². The minimum atomic E-state index is -0.347. The summed E-state index contributed by atoms with van der Waals surface area (Å²) in [6.07, 6.45) is 0. The molecular weight excluding hydrogens is 280 g/mol. The minimum absolute atomic E-state index is 0.111. The average Bonchev–Trinajstić information content (AvgIpc) is 2.52. The Kier molecular flexibility index (Phi) is 5.14. The van der Waals surface area contributed by atoms with Gasteiger partial charge in [0.2, 0.25) is 0 Å². The molecule has 0 unspecified atom stereocenters. The lowest BCUT2D eigenvalue weighted by Gasteiger charge is -2.06. The number of aryl methyl sites for hydroxylation is 1. The number of phenolic OH excluding ortho intramolecular Hbond substituents is 1. The molecule has 0 aliphatic carbocycles. The zero-order valence-corrected chi connectivity index (χ0v) is 12.5. The second-order valence-electron chi connectivity index (χ2n) is 4.88. The van der Waals surface area contributed by atoms with Gasteiger partial charge in [0.15, 0.2) is 6.61 Å². The summed E-state index contributed by atoms with van der Waals surface area (Å²) in [5.41, 5.74) is 4.89. The van der Waals surface area contributed by atoms with Crippen LogP contribution in [0.5, 0.6) is 11.5 Å². The molecule has 22 heavy (non-hydrogen) atoms. The number of carbonyl (C=O) groups is 1. The van der Waals surface area contributed by atoms with Gasteiger partial charge in [0.25, 0.3) is 5.91 Å². The van der Waals surface area contributed by atoms with Crippen LogP contribution in [0.25, 0.3) is 0 Å². The summed E-state index contributed by atoms with van der Waals surface area (Å²) in [5, 5.41) is 13.4. The fraction of sp³-hybridized carbons (Fsp3) is 0.176. The summed E-state index contributed by atoms with van der Waals surface area (Å²) in [5.74, 6) is 0.440. The van der Waals surface area contributed by atoms with Crippen LogP contribution in [-0.4, -0.2) is 23.3 Å². The van der Waals surface area contributed by atoms with Gasteiger partial charge < -0.3 is 9.84 Å². The molecule has 0 bridgehead atoms. The van der Waals surface area contributed by atoms with Gasteiger partial charge in [-0.1, -0.05) is 29.8 Å². The lowest BCUT2D eigenvalue weighted by Crippen LogP contribution is -2.25. The molecule has 114 valence electrons. The first-order chi connectivity index (χ1) is 10.5. The van der Waals surface area contributed by atoms with E-state index in [1.807, 2.05) is 31.2 Å². The maximum atomic E-state index is 11.7. The van der Waals surface area contributed by atoms with E-state index in [0.717, 1.165) is 11.1 Å². The van der Waals surface area contributed by atoms with Gasteiger partial charge in [-0.3, -0.25) is 4.79 Å². The van der Waals surface area contributed by atoms with Crippen molar-refractivity contribution in [1.82, 2.24) is 5.43 Å². The molecule has 2 aromatic carbocycles. The Morgan fingerprint density at radius 1 is 1.23 bits per heavy atom. The van der Waals surface area contributed by atoms with Gasteiger partial charge in [0.05, 0.1) is 5.71 Å². The highest BCUT2D eigenvalue weighted by molar-refractivity contribution is 5.99. The Morgan fingerprint density at radius 2 is 1.95 bits per heavy atom. The first kappa shape index (κ1) is 15.6. The van der Waals surface area contributed by atoms with Crippen LogP contribution >= 0.6 is 0 Å². The number of aromatic hydroxyl groups is 1. The van der Waals surface area contributed by atoms with Crippen molar-refractivity contribution in [2.45, 2.75) is 13.8 Å². The van der Waals surface area contributed by atoms with Crippen LogP contribution in [0.15, 0.2) is 53.6 Å². The van der Waals surface area contributed by atoms with Crippen molar-refractivity contribution in [2.24, 2.45) is 5.10 Å². The molecule has 0 heterocycles. The fourth-order valence-corrected chi connectivity index (χ4v) is 1.76. The summed E-state index contributed by atoms with van der Waals surface area (Å²) in [4.78, 5) is 11.7. The van der Waals surface area contributed by atoms with E-state index < -0.39 is 0 Å². The monoisotopic (exact) mass is 298 g/mol. The van der Waals surface area contributed by atoms with Crippen molar-refractivity contribution in [3.8, 4) is 11.5 Å². The standard InChI is InChI=1S/C17H18N2O3/c1-12-6-8-16(9-7-12)22-11-17(21)19-18-13(2)14-4-3-5-15(20)10-14/h3-10,20H,11H2,1-2H3,(H,19,21)/b18-13-. The summed E-state index contributed by atoms with van der Waals surface area (Å²) < 4.78 is 5.36. The topological polar surface area (TPSA) is 70.9 Å². The molecule has 0 radical (unpaired) electrons. The second-order valence-corrected chi connectivity index (χ2v) is 4.88. The minimum Gasteiger partial charge on any atom is -0.508 e. The fourth-order valence-electron chi connectivity index (χ4n) is 1.76. The Morgan fingerprint density at radius 3 is 2.64 bits per heavy atom. The van der Waals surface area contributed by atoms with E-state index in [0.29, 0.717) is 11.5 Å². The predicted octanol–water partition coefficient (Wildman–Crippen LogP) is 2.62. The molecule has 0 atom stereocenters. The van der Waals surface area contributed by atoms with E-state index in [-0.39, 0.29) is 18.3 Å². The first-order valence-corrected chi connectivity index (χ1v) is 6.86. The third kappa shape index (κ3) is 4.63. The van der Waals surface area contributed by atoms with Crippen LogP contribution in [-0.2, 0) is 4.79 Å². The van der Waals surface area contributed by atoms with Gasteiger partial charge in [-0.05, 0) is 38.1 Å². The Hall–Kier alpha value is -2.82. The van der Waals surface area contributed by atoms with E-state index in [1.165, 1.54) is 0 Å². The van der Waals surface area contributed by atoms with Crippen LogP contribution in [0.2, 0.25) is 0 Å². The highest BCUT2D eigenvalue weighted by Gasteiger charge is 2.03. The van der Waals surface area contributed by atoms with Crippen molar-refractivity contribution < 1.29 is 14.6 Å². The van der Waals surface area contributed by atoms with Gasteiger partial charge in [-0.25, -0.2) is 5.43 Å². The summed E-state index contributed by atoms with van der Waals surface area (Å²) in [6, 6.07) is 14.1. The van der Waals surface area contributed by atoms with Crippen LogP contribution in [0.4, 0.5) is 0 Å². The highest BCUT2D eigenvalue weighted by Crippen LogP contribution is 2.12. The average molecular weight is 298 g/mol. The third-order valence-electron chi connectivity index (χ3n) is 3.00. The molecule has 2 aromatic rings. The van der Waals surface area contributed by atoms with E-state index in [1.54, 1.807) is 31.2 Å². The van der Waals surface area contributed by atoms with Crippen LogP contribution in [0.1, 0.15) is 18.1 Å². The van der Waals surface area contributed by atoms with Crippen LogP contribution < -0.4 is 10.2 Å². The molecule has 2 rings (SSSR count). The molecular formula is C17H18N2O3. The number of nitrogens with one attached hydrogen (secondary N) is 1. The molecule has 0 aliphatic heterocycles. The van der Waals surface area contributed by atoms with Gasteiger partial charge in [-0.2, -0.15) is 5.10 Å². The first-order valence-electron chi connectivity index (χ1n) is 6.86. The van der Waals surface area contributed by atoms with Gasteiger partial charge >= 0.3 is 0 Å². The molecule has 1 amide bonds. The molecule has 0 fully saturated rings. The van der Waals surface area contributed by atoms with E-state index in [9.17, 15) is 9.90 Å². The molecule has 0 aliphatic rings. The molecule has 0 saturated heterocycles. The maximum Gasteiger partial charge on any atom is 0.277 e. The number of benzene rings is 2. The number of rotatable bonds is 5. The Labute approximate surface area is 129 Å². The normalized spacial score (nSPS) is 11.1. The third-order valence-corrected chi connectivity index (χ3v) is 3.00. The van der Waals surface area contributed by atoms with Crippen molar-refractivity contribution >= 4 is 11.6 Å². The van der Waals surface area contributed by atoms with E-state index in [4.69, 9.17) is 4.74 Å². The largest absolute Gasteiger partial charge is 0.508 e. The van der Waals surface area contributed by atoms with Gasteiger partial charge in [0, 0.05) is 5.56 Å². The highest BCUT2D eigenvalue weighted by atomic mass is 16.5. The zero-order valence-electron chi connectivity index (χ0n) is 12.5. The number of hydrazone groups is 1. The van der Waals surface area contributed by atoms with Gasteiger partial charge in [0.1, 0.15) is 11.5 Å². The lowest BCUT2D eigenvalue weighted by molar-refractivity contribution is -0.123. The molecule has 0 aromatic heterocycles. The number of hydrogen-bond donors (Lipinski definition) is 2. The zero-order chi connectivity index (χ0) is 15.9. The predicted molar refractivity (Wildman–Crippen MR) is 85.1 cm³/mol. The number of hydrogen-bond acceptors (Lipinski definition) is 4. The summed E-state index contributed by atoms with van der Waals surface area (Å²) >= 11 is 0. The molecule has 0 saturated carbocycles. The second kappa shape index (κ2) is 7.26. The molecule has 5 nitrogen and oxygen atoms in total.